The van der Waals surface area contributed by atoms with Gasteiger partial charge in [-0.15, -0.1) is 0 Å². The van der Waals surface area contributed by atoms with Gasteiger partial charge in [0.05, 0.1) is 22.5 Å². The molecule has 1 heterocycles. The van der Waals surface area contributed by atoms with E-state index in [1.807, 2.05) is 27.7 Å². The topological polar surface area (TPSA) is 35.0 Å². The van der Waals surface area contributed by atoms with Crippen molar-refractivity contribution in [1.29, 1.82) is 0 Å². The number of hydrogen-bond acceptors (Lipinski definition) is 3. The third-order valence-corrected chi connectivity index (χ3v) is 5.14. The third-order valence-electron chi connectivity index (χ3n) is 5.14. The summed E-state index contributed by atoms with van der Waals surface area (Å²) < 4.78 is 86.4. The molecular formula is C23H28F6N2O. The summed E-state index contributed by atoms with van der Waals surface area (Å²) in [4.78, 5) is 8.86. The fraction of sp³-hybridized carbons (Fsp3) is 0.565. The smallest absolute Gasteiger partial charge is 0.417 e. The largest absolute Gasteiger partial charge is 0.473 e. The molecule has 0 saturated heterocycles. The summed E-state index contributed by atoms with van der Waals surface area (Å²) in [5.41, 5.74) is -2.68. The quantitative estimate of drug-likeness (QED) is 0.403. The molecule has 0 amide bonds. The molecule has 0 bridgehead atoms. The number of halogens is 6. The highest BCUT2D eigenvalue weighted by molar-refractivity contribution is 5.68. The van der Waals surface area contributed by atoms with Crippen molar-refractivity contribution in [2.24, 2.45) is 11.8 Å². The van der Waals surface area contributed by atoms with Crippen molar-refractivity contribution in [3.05, 3.63) is 40.7 Å². The van der Waals surface area contributed by atoms with Gasteiger partial charge in [0.1, 0.15) is 11.8 Å². The molecular weight excluding hydrogens is 434 g/mol. The molecule has 178 valence electrons. The monoisotopic (exact) mass is 462 g/mol. The molecule has 0 aliphatic carbocycles. The van der Waals surface area contributed by atoms with E-state index in [4.69, 9.17) is 4.74 Å². The van der Waals surface area contributed by atoms with E-state index >= 15 is 0 Å². The number of nitrogens with zero attached hydrogens (tertiary/aromatic N) is 2. The molecule has 32 heavy (non-hydrogen) atoms. The second-order valence-electron chi connectivity index (χ2n) is 8.30. The van der Waals surface area contributed by atoms with Crippen molar-refractivity contribution in [1.82, 2.24) is 9.97 Å². The van der Waals surface area contributed by atoms with Gasteiger partial charge in [-0.2, -0.15) is 26.3 Å². The van der Waals surface area contributed by atoms with E-state index in [-0.39, 0.29) is 47.7 Å². The van der Waals surface area contributed by atoms with Crippen LogP contribution < -0.4 is 4.74 Å². The Kier molecular flexibility index (Phi) is 7.83. The van der Waals surface area contributed by atoms with Gasteiger partial charge in [0.25, 0.3) is 0 Å². The zero-order valence-corrected chi connectivity index (χ0v) is 18.9. The summed E-state index contributed by atoms with van der Waals surface area (Å²) in [6.07, 6.45) is -9.50. The average molecular weight is 462 g/mol. The van der Waals surface area contributed by atoms with Gasteiger partial charge < -0.3 is 4.74 Å². The lowest BCUT2D eigenvalue weighted by Gasteiger charge is -2.27. The lowest BCUT2D eigenvalue weighted by Crippen LogP contribution is -2.30. The van der Waals surface area contributed by atoms with Crippen LogP contribution in [0.15, 0.2) is 18.2 Å². The van der Waals surface area contributed by atoms with Crippen LogP contribution in [0, 0.1) is 11.8 Å². The lowest BCUT2D eigenvalue weighted by atomic mass is 9.96. The number of benzene rings is 1. The van der Waals surface area contributed by atoms with Crippen LogP contribution in [0.4, 0.5) is 26.3 Å². The summed E-state index contributed by atoms with van der Waals surface area (Å²) in [6, 6.07) is 1.58. The van der Waals surface area contributed by atoms with Crippen molar-refractivity contribution in [2.45, 2.75) is 72.8 Å². The SMILES string of the molecule is CCc1nc(-c2ccc(C(F)(F)F)cc2C(F)(F)F)c(CC)nc1OC(C(C)C)C(C)C. The first-order chi connectivity index (χ1) is 14.7. The van der Waals surface area contributed by atoms with Gasteiger partial charge in [-0.3, -0.25) is 0 Å². The predicted octanol–water partition coefficient (Wildman–Crippen LogP) is 7.37. The van der Waals surface area contributed by atoms with Gasteiger partial charge >= 0.3 is 12.4 Å². The Labute approximate surface area is 184 Å². The molecule has 0 saturated carbocycles. The highest BCUT2D eigenvalue weighted by Crippen LogP contribution is 2.41. The van der Waals surface area contributed by atoms with Gasteiger partial charge in [-0.25, -0.2) is 9.97 Å². The Morgan fingerprint density at radius 3 is 1.81 bits per heavy atom. The van der Waals surface area contributed by atoms with Crippen LogP contribution >= 0.6 is 0 Å². The summed E-state index contributed by atoms with van der Waals surface area (Å²) in [7, 11) is 0. The number of rotatable bonds is 7. The van der Waals surface area contributed by atoms with Gasteiger partial charge in [-0.1, -0.05) is 47.6 Å². The zero-order chi connectivity index (χ0) is 24.4. The Bertz CT molecular complexity index is 927. The summed E-state index contributed by atoms with van der Waals surface area (Å²) >= 11 is 0. The molecule has 0 spiro atoms. The summed E-state index contributed by atoms with van der Waals surface area (Å²) in [5, 5.41) is 0. The molecule has 2 rings (SSSR count). The van der Waals surface area contributed by atoms with Crippen molar-refractivity contribution in [3.63, 3.8) is 0 Å². The van der Waals surface area contributed by atoms with E-state index < -0.39 is 29.0 Å². The van der Waals surface area contributed by atoms with Crippen LogP contribution in [0.2, 0.25) is 0 Å². The minimum Gasteiger partial charge on any atom is -0.473 e. The highest BCUT2D eigenvalue weighted by atomic mass is 19.4. The molecule has 1 aromatic carbocycles. The average Bonchev–Trinajstić information content (AvgIpc) is 2.69. The number of aromatic nitrogens is 2. The number of alkyl halides is 6. The number of ether oxygens (including phenoxy) is 1. The Hall–Kier alpha value is -2.32. The Morgan fingerprint density at radius 1 is 0.812 bits per heavy atom. The Balaban J connectivity index is 2.71. The van der Waals surface area contributed by atoms with E-state index in [9.17, 15) is 26.3 Å². The predicted molar refractivity (Wildman–Crippen MR) is 110 cm³/mol. The van der Waals surface area contributed by atoms with Crippen LogP contribution in [0.1, 0.15) is 64.1 Å². The highest BCUT2D eigenvalue weighted by Gasteiger charge is 2.39. The minimum atomic E-state index is -4.99. The van der Waals surface area contributed by atoms with Crippen LogP contribution in [0.5, 0.6) is 5.88 Å². The van der Waals surface area contributed by atoms with Crippen molar-refractivity contribution < 1.29 is 31.1 Å². The van der Waals surface area contributed by atoms with Gasteiger partial charge in [-0.05, 0) is 36.8 Å². The van der Waals surface area contributed by atoms with Crippen molar-refractivity contribution >= 4 is 0 Å². The molecule has 0 unspecified atom stereocenters. The summed E-state index contributed by atoms with van der Waals surface area (Å²) in [6.45, 7) is 11.5. The molecule has 0 N–H and O–H groups in total. The number of aryl methyl sites for hydroxylation is 2. The molecule has 3 nitrogen and oxygen atoms in total. The number of hydrogen-bond donors (Lipinski definition) is 0. The molecule has 0 aliphatic heterocycles. The second-order valence-corrected chi connectivity index (χ2v) is 8.30. The fourth-order valence-corrected chi connectivity index (χ4v) is 3.61. The van der Waals surface area contributed by atoms with Gasteiger partial charge in [0.15, 0.2) is 0 Å². The molecule has 9 heteroatoms. The third kappa shape index (κ3) is 5.72. The summed E-state index contributed by atoms with van der Waals surface area (Å²) in [5.74, 6) is 0.581. The van der Waals surface area contributed by atoms with Crippen molar-refractivity contribution in [2.75, 3.05) is 0 Å². The maximum absolute atomic E-state index is 13.7. The van der Waals surface area contributed by atoms with E-state index in [1.54, 1.807) is 13.8 Å². The van der Waals surface area contributed by atoms with E-state index in [0.717, 1.165) is 6.07 Å². The first-order valence-corrected chi connectivity index (χ1v) is 10.6. The lowest BCUT2D eigenvalue weighted by molar-refractivity contribution is -0.142. The fourth-order valence-electron chi connectivity index (χ4n) is 3.61. The van der Waals surface area contributed by atoms with Crippen LogP contribution in [0.25, 0.3) is 11.3 Å². The van der Waals surface area contributed by atoms with Gasteiger partial charge in [0, 0.05) is 5.56 Å². The molecule has 0 radical (unpaired) electrons. The first-order valence-electron chi connectivity index (χ1n) is 10.6. The standard InChI is InChI=1S/C23H28F6N2O/c1-7-17-19(15-10-9-14(22(24,25)26)11-16(15)23(27,28)29)30-18(8-2)21(31-17)32-20(12(3)4)13(5)6/h9-13,20H,7-8H2,1-6H3. The molecule has 0 fully saturated rings. The minimum absolute atomic E-state index is 0.0802. The first kappa shape index (κ1) is 25.9. The van der Waals surface area contributed by atoms with E-state index in [0.29, 0.717) is 18.2 Å². The maximum Gasteiger partial charge on any atom is 0.417 e. The van der Waals surface area contributed by atoms with Crippen LogP contribution in [-0.4, -0.2) is 16.1 Å². The van der Waals surface area contributed by atoms with Crippen LogP contribution in [-0.2, 0) is 25.2 Å². The van der Waals surface area contributed by atoms with E-state index in [2.05, 4.69) is 9.97 Å². The van der Waals surface area contributed by atoms with Crippen molar-refractivity contribution in [3.8, 4) is 17.1 Å². The molecule has 1 aromatic heterocycles. The molecule has 2 aromatic rings. The zero-order valence-electron chi connectivity index (χ0n) is 18.9. The second kappa shape index (κ2) is 9.67. The van der Waals surface area contributed by atoms with Gasteiger partial charge in [0.2, 0.25) is 5.88 Å². The maximum atomic E-state index is 13.7. The normalized spacial score (nSPS) is 12.8. The Morgan fingerprint density at radius 2 is 1.38 bits per heavy atom. The van der Waals surface area contributed by atoms with Crippen LogP contribution in [0.3, 0.4) is 0 Å². The molecule has 0 atom stereocenters. The molecule has 0 aliphatic rings. The van der Waals surface area contributed by atoms with E-state index in [1.165, 1.54) is 0 Å².